The summed E-state index contributed by atoms with van der Waals surface area (Å²) in [7, 11) is -3.58. The lowest BCUT2D eigenvalue weighted by atomic mass is 9.77. The van der Waals surface area contributed by atoms with Gasteiger partial charge in [-0.05, 0) is 25.0 Å². The Bertz CT molecular complexity index is 699. The van der Waals surface area contributed by atoms with Crippen LogP contribution in [0.25, 0.3) is 0 Å². The molecule has 124 valence electrons. The summed E-state index contributed by atoms with van der Waals surface area (Å²) < 4.78 is 26.1. The molecule has 1 aliphatic carbocycles. The van der Waals surface area contributed by atoms with E-state index in [0.717, 1.165) is 19.3 Å². The molecule has 1 heterocycles. The molecular formula is C16H21N3O3S. The highest BCUT2D eigenvalue weighted by Crippen LogP contribution is 2.32. The number of rotatable bonds is 7. The number of carbonyl (C=O) groups is 1. The number of nitrogens with zero attached hydrogens (tertiary/aromatic N) is 3. The topological polar surface area (TPSA) is 91.1 Å². The minimum absolute atomic E-state index is 0.0551. The third-order valence-corrected chi connectivity index (χ3v) is 6.35. The zero-order chi connectivity index (χ0) is 17.0. The van der Waals surface area contributed by atoms with Crippen molar-refractivity contribution >= 4 is 15.8 Å². The summed E-state index contributed by atoms with van der Waals surface area (Å²) in [4.78, 5) is 16.4. The Morgan fingerprint density at radius 1 is 1.39 bits per heavy atom. The van der Waals surface area contributed by atoms with Gasteiger partial charge in [0.25, 0.3) is 0 Å². The van der Waals surface area contributed by atoms with Crippen LogP contribution in [0.4, 0.5) is 0 Å². The molecule has 0 bridgehead atoms. The van der Waals surface area contributed by atoms with Crippen molar-refractivity contribution in [3.8, 4) is 6.07 Å². The van der Waals surface area contributed by atoms with E-state index < -0.39 is 15.9 Å². The van der Waals surface area contributed by atoms with Gasteiger partial charge in [-0.1, -0.05) is 20.3 Å². The molecular weight excluding hydrogens is 314 g/mol. The molecule has 2 rings (SSSR count). The summed E-state index contributed by atoms with van der Waals surface area (Å²) in [5, 5.41) is 9.27. The monoisotopic (exact) mass is 335 g/mol. The fourth-order valence-electron chi connectivity index (χ4n) is 2.63. The first-order valence-corrected chi connectivity index (χ1v) is 9.29. The molecule has 1 fully saturated rings. The molecule has 0 radical (unpaired) electrons. The quantitative estimate of drug-likeness (QED) is 0.761. The number of nitriles is 1. The largest absolute Gasteiger partial charge is 0.297 e. The lowest BCUT2D eigenvalue weighted by Crippen LogP contribution is -2.31. The molecule has 1 unspecified atom stereocenters. The maximum atomic E-state index is 12.4. The summed E-state index contributed by atoms with van der Waals surface area (Å²) in [5.74, 6) is -1.07. The third-order valence-electron chi connectivity index (χ3n) is 4.32. The van der Waals surface area contributed by atoms with Crippen molar-refractivity contribution in [2.45, 2.75) is 43.9 Å². The zero-order valence-electron chi connectivity index (χ0n) is 13.4. The molecule has 0 aromatic carbocycles. The summed E-state index contributed by atoms with van der Waals surface area (Å²) >= 11 is 0. The van der Waals surface area contributed by atoms with E-state index in [2.05, 4.69) is 4.98 Å². The summed E-state index contributed by atoms with van der Waals surface area (Å²) in [6.45, 7) is 4.29. The van der Waals surface area contributed by atoms with Crippen LogP contribution in [0.1, 0.15) is 44.7 Å². The van der Waals surface area contributed by atoms with Crippen molar-refractivity contribution in [2.24, 2.45) is 5.92 Å². The first-order valence-electron chi connectivity index (χ1n) is 7.85. The Hall–Kier alpha value is -1.78. The molecule has 1 saturated carbocycles. The van der Waals surface area contributed by atoms with Gasteiger partial charge in [0.2, 0.25) is 10.0 Å². The second-order valence-electron chi connectivity index (χ2n) is 5.60. The normalized spacial score (nSPS) is 16.6. The van der Waals surface area contributed by atoms with E-state index in [0.29, 0.717) is 18.8 Å². The Balaban J connectivity index is 2.24. The Morgan fingerprint density at radius 2 is 2.04 bits per heavy atom. The summed E-state index contributed by atoms with van der Waals surface area (Å²) in [6, 6.07) is 4.90. The van der Waals surface area contributed by atoms with Gasteiger partial charge >= 0.3 is 0 Å². The number of Topliss-reactive ketones (excluding diaryl/α,β-unsaturated/α-hetero) is 1. The average Bonchev–Trinajstić information content (AvgIpc) is 2.47. The molecule has 0 spiro atoms. The van der Waals surface area contributed by atoms with Crippen molar-refractivity contribution in [2.75, 3.05) is 13.1 Å². The predicted octanol–water partition coefficient (Wildman–Crippen LogP) is 2.09. The average molecular weight is 335 g/mol. The number of hydrogen-bond donors (Lipinski definition) is 0. The van der Waals surface area contributed by atoms with Gasteiger partial charge in [-0.15, -0.1) is 0 Å². The van der Waals surface area contributed by atoms with Crippen molar-refractivity contribution in [3.05, 3.63) is 24.0 Å². The third kappa shape index (κ3) is 3.43. The van der Waals surface area contributed by atoms with E-state index in [-0.39, 0.29) is 16.6 Å². The summed E-state index contributed by atoms with van der Waals surface area (Å²) in [5.41, 5.74) is 0.322. The van der Waals surface area contributed by atoms with E-state index in [1.54, 1.807) is 13.8 Å². The van der Waals surface area contributed by atoms with Crippen LogP contribution in [0.2, 0.25) is 0 Å². The molecule has 23 heavy (non-hydrogen) atoms. The molecule has 7 heteroatoms. The van der Waals surface area contributed by atoms with Gasteiger partial charge in [0, 0.05) is 25.2 Å². The first-order chi connectivity index (χ1) is 11.0. The minimum atomic E-state index is -3.58. The highest BCUT2D eigenvalue weighted by molar-refractivity contribution is 7.89. The molecule has 1 aromatic rings. The van der Waals surface area contributed by atoms with Gasteiger partial charge < -0.3 is 0 Å². The van der Waals surface area contributed by atoms with Crippen molar-refractivity contribution < 1.29 is 13.2 Å². The van der Waals surface area contributed by atoms with Crippen LogP contribution >= 0.6 is 0 Å². The van der Waals surface area contributed by atoms with Crippen LogP contribution in [0.3, 0.4) is 0 Å². The van der Waals surface area contributed by atoms with Crippen molar-refractivity contribution in [1.29, 1.82) is 5.26 Å². The van der Waals surface area contributed by atoms with E-state index in [1.165, 1.54) is 22.6 Å². The number of sulfonamides is 1. The molecule has 0 saturated heterocycles. The highest BCUT2D eigenvalue weighted by Gasteiger charge is 2.33. The van der Waals surface area contributed by atoms with Crippen LogP contribution in [-0.2, 0) is 14.8 Å². The number of aromatic nitrogens is 1. The van der Waals surface area contributed by atoms with Crippen LogP contribution in [0.5, 0.6) is 0 Å². The van der Waals surface area contributed by atoms with Crippen molar-refractivity contribution in [3.63, 3.8) is 0 Å². The summed E-state index contributed by atoms with van der Waals surface area (Å²) in [6.07, 6.45) is 3.90. The molecule has 1 aliphatic rings. The Kier molecular flexibility index (Phi) is 5.50. The minimum Gasteiger partial charge on any atom is -0.297 e. The van der Waals surface area contributed by atoms with Crippen LogP contribution in [0, 0.1) is 17.2 Å². The van der Waals surface area contributed by atoms with E-state index >= 15 is 0 Å². The van der Waals surface area contributed by atoms with E-state index in [1.807, 2.05) is 6.07 Å². The fraction of sp³-hybridized carbons (Fsp3) is 0.562. The molecule has 0 amide bonds. The van der Waals surface area contributed by atoms with E-state index in [4.69, 9.17) is 0 Å². The molecule has 0 N–H and O–H groups in total. The van der Waals surface area contributed by atoms with Crippen LogP contribution < -0.4 is 0 Å². The SMILES string of the molecule is CCN(CC)S(=O)(=O)c1ccc(C(C#N)C(=O)C2CCC2)nc1. The van der Waals surface area contributed by atoms with E-state index in [9.17, 15) is 18.5 Å². The number of ketones is 1. The molecule has 1 atom stereocenters. The second-order valence-corrected chi connectivity index (χ2v) is 7.54. The van der Waals surface area contributed by atoms with Crippen molar-refractivity contribution in [1.82, 2.24) is 9.29 Å². The fourth-order valence-corrected chi connectivity index (χ4v) is 4.04. The zero-order valence-corrected chi connectivity index (χ0v) is 14.2. The first kappa shape index (κ1) is 17.6. The van der Waals surface area contributed by atoms with Crippen LogP contribution in [0.15, 0.2) is 23.2 Å². The molecule has 1 aromatic heterocycles. The van der Waals surface area contributed by atoms with Gasteiger partial charge in [0.1, 0.15) is 10.8 Å². The maximum Gasteiger partial charge on any atom is 0.244 e. The smallest absolute Gasteiger partial charge is 0.244 e. The maximum absolute atomic E-state index is 12.4. The second kappa shape index (κ2) is 7.20. The Morgan fingerprint density at radius 3 is 2.43 bits per heavy atom. The number of carbonyl (C=O) groups excluding carboxylic acids is 1. The standard InChI is InChI=1S/C16H21N3O3S/c1-3-19(4-2)23(21,22)13-8-9-15(18-11-13)14(10-17)16(20)12-6-5-7-12/h8-9,11-12,14H,3-7H2,1-2H3. The highest BCUT2D eigenvalue weighted by atomic mass is 32.2. The number of pyridine rings is 1. The van der Waals surface area contributed by atoms with Gasteiger partial charge in [-0.2, -0.15) is 9.57 Å². The predicted molar refractivity (Wildman–Crippen MR) is 85.0 cm³/mol. The van der Waals surface area contributed by atoms with Gasteiger partial charge in [0.05, 0.1) is 11.8 Å². The van der Waals surface area contributed by atoms with Gasteiger partial charge in [-0.25, -0.2) is 8.42 Å². The lowest BCUT2D eigenvalue weighted by molar-refractivity contribution is -0.125. The number of hydrogen-bond acceptors (Lipinski definition) is 5. The Labute approximate surface area is 137 Å². The molecule has 0 aliphatic heterocycles. The lowest BCUT2D eigenvalue weighted by Gasteiger charge is -2.25. The van der Waals surface area contributed by atoms with Gasteiger partial charge in [0.15, 0.2) is 5.78 Å². The van der Waals surface area contributed by atoms with Crippen LogP contribution in [-0.4, -0.2) is 36.6 Å². The molecule has 6 nitrogen and oxygen atoms in total. The van der Waals surface area contributed by atoms with Gasteiger partial charge in [-0.3, -0.25) is 9.78 Å².